The molecule has 24 heavy (non-hydrogen) atoms. The van der Waals surface area contributed by atoms with Gasteiger partial charge in [-0.15, -0.1) is 0 Å². The van der Waals surface area contributed by atoms with Crippen molar-refractivity contribution in [2.45, 2.75) is 45.4 Å². The molecule has 6 heteroatoms. The molecule has 1 aromatic heterocycles. The number of nitrogens with zero attached hydrogens (tertiary/aromatic N) is 2. The summed E-state index contributed by atoms with van der Waals surface area (Å²) in [5.41, 5.74) is 6.99. The molecule has 1 aromatic rings. The SMILES string of the molecule is Cc1ncccc1CC(=O)N1CCC(CCCCNC(N)=O)CC1. The highest BCUT2D eigenvalue weighted by molar-refractivity contribution is 5.79. The standard InChI is InChI=1S/C18H28N4O2/c1-14-16(6-4-10-20-14)13-17(23)22-11-7-15(8-12-22)5-2-3-9-21-18(19)24/h4,6,10,15H,2-3,5,7-9,11-13H2,1H3,(H3,19,21,24). The van der Waals surface area contributed by atoms with E-state index in [1.54, 1.807) is 6.20 Å². The second kappa shape index (κ2) is 9.25. The van der Waals surface area contributed by atoms with Crippen LogP contribution < -0.4 is 11.1 Å². The number of hydrogen-bond acceptors (Lipinski definition) is 3. The molecular formula is C18H28N4O2. The van der Waals surface area contributed by atoms with Crippen molar-refractivity contribution in [3.63, 3.8) is 0 Å². The van der Waals surface area contributed by atoms with Crippen molar-refractivity contribution in [2.24, 2.45) is 11.7 Å². The highest BCUT2D eigenvalue weighted by Gasteiger charge is 2.22. The van der Waals surface area contributed by atoms with Crippen LogP contribution in [0, 0.1) is 12.8 Å². The normalized spacial score (nSPS) is 15.3. The summed E-state index contributed by atoms with van der Waals surface area (Å²) in [7, 11) is 0. The van der Waals surface area contributed by atoms with Crippen molar-refractivity contribution in [1.29, 1.82) is 0 Å². The summed E-state index contributed by atoms with van der Waals surface area (Å²) in [5.74, 6) is 0.887. The van der Waals surface area contributed by atoms with E-state index in [2.05, 4.69) is 10.3 Å². The first-order chi connectivity index (χ1) is 11.6. The first-order valence-electron chi connectivity index (χ1n) is 8.78. The fraction of sp³-hybridized carbons (Fsp3) is 0.611. The summed E-state index contributed by atoms with van der Waals surface area (Å²) in [6, 6.07) is 3.41. The molecule has 2 rings (SSSR count). The van der Waals surface area contributed by atoms with Gasteiger partial charge in [-0.05, 0) is 43.7 Å². The second-order valence-corrected chi connectivity index (χ2v) is 6.54. The number of aromatic nitrogens is 1. The minimum atomic E-state index is -0.453. The number of unbranched alkanes of at least 4 members (excludes halogenated alkanes) is 1. The maximum Gasteiger partial charge on any atom is 0.312 e. The van der Waals surface area contributed by atoms with Gasteiger partial charge in [-0.3, -0.25) is 9.78 Å². The number of piperidine rings is 1. The number of nitrogens with two attached hydrogens (primary N) is 1. The highest BCUT2D eigenvalue weighted by atomic mass is 16.2. The average Bonchev–Trinajstić information content (AvgIpc) is 2.57. The van der Waals surface area contributed by atoms with Crippen molar-refractivity contribution in [1.82, 2.24) is 15.2 Å². The van der Waals surface area contributed by atoms with E-state index in [-0.39, 0.29) is 5.91 Å². The lowest BCUT2D eigenvalue weighted by Gasteiger charge is -2.32. The van der Waals surface area contributed by atoms with Gasteiger partial charge in [0.1, 0.15) is 0 Å². The van der Waals surface area contributed by atoms with Crippen LogP contribution in [0.15, 0.2) is 18.3 Å². The predicted octanol–water partition coefficient (Wildman–Crippen LogP) is 2.01. The summed E-state index contributed by atoms with van der Waals surface area (Å²) in [6.45, 7) is 4.30. The van der Waals surface area contributed by atoms with Crippen LogP contribution >= 0.6 is 0 Å². The first kappa shape index (κ1) is 18.2. The molecule has 0 spiro atoms. The van der Waals surface area contributed by atoms with E-state index in [9.17, 15) is 9.59 Å². The van der Waals surface area contributed by atoms with Gasteiger partial charge in [-0.2, -0.15) is 0 Å². The van der Waals surface area contributed by atoms with Gasteiger partial charge in [0.25, 0.3) is 0 Å². The van der Waals surface area contributed by atoms with Crippen LogP contribution in [0.4, 0.5) is 4.79 Å². The fourth-order valence-corrected chi connectivity index (χ4v) is 3.22. The van der Waals surface area contributed by atoms with Crippen LogP contribution in [0.25, 0.3) is 0 Å². The maximum absolute atomic E-state index is 12.4. The third-order valence-electron chi connectivity index (χ3n) is 4.76. The number of likely N-dealkylation sites (tertiary alicyclic amines) is 1. The van der Waals surface area contributed by atoms with E-state index in [0.29, 0.717) is 18.9 Å². The van der Waals surface area contributed by atoms with Crippen LogP contribution in [0.2, 0.25) is 0 Å². The van der Waals surface area contributed by atoms with Crippen LogP contribution in [0.5, 0.6) is 0 Å². The molecule has 0 radical (unpaired) electrons. The minimum Gasteiger partial charge on any atom is -0.352 e. The molecule has 6 nitrogen and oxygen atoms in total. The number of pyridine rings is 1. The second-order valence-electron chi connectivity index (χ2n) is 6.54. The number of amides is 3. The van der Waals surface area contributed by atoms with Crippen molar-refractivity contribution in [2.75, 3.05) is 19.6 Å². The number of primary amides is 1. The van der Waals surface area contributed by atoms with E-state index in [1.165, 1.54) is 0 Å². The Kier molecular flexibility index (Phi) is 7.03. The van der Waals surface area contributed by atoms with Crippen molar-refractivity contribution < 1.29 is 9.59 Å². The lowest BCUT2D eigenvalue weighted by molar-refractivity contribution is -0.131. The average molecular weight is 332 g/mol. The molecule has 0 atom stereocenters. The molecule has 0 saturated carbocycles. The zero-order valence-electron chi connectivity index (χ0n) is 14.5. The van der Waals surface area contributed by atoms with Gasteiger partial charge in [0.2, 0.25) is 5.91 Å². The van der Waals surface area contributed by atoms with E-state index in [4.69, 9.17) is 5.73 Å². The van der Waals surface area contributed by atoms with E-state index >= 15 is 0 Å². The lowest BCUT2D eigenvalue weighted by Crippen LogP contribution is -2.39. The molecule has 0 aliphatic carbocycles. The molecule has 132 valence electrons. The van der Waals surface area contributed by atoms with Gasteiger partial charge >= 0.3 is 6.03 Å². The maximum atomic E-state index is 12.4. The molecule has 1 aliphatic rings. The topological polar surface area (TPSA) is 88.3 Å². The largest absolute Gasteiger partial charge is 0.352 e. The molecular weight excluding hydrogens is 304 g/mol. The Balaban J connectivity index is 1.66. The molecule has 2 heterocycles. The Hall–Kier alpha value is -2.11. The van der Waals surface area contributed by atoms with Crippen molar-refractivity contribution >= 4 is 11.9 Å². The zero-order chi connectivity index (χ0) is 17.4. The van der Waals surface area contributed by atoms with E-state index < -0.39 is 6.03 Å². The summed E-state index contributed by atoms with van der Waals surface area (Å²) >= 11 is 0. The van der Waals surface area contributed by atoms with Gasteiger partial charge in [-0.25, -0.2) is 4.79 Å². The van der Waals surface area contributed by atoms with Crippen molar-refractivity contribution in [3.05, 3.63) is 29.6 Å². The molecule has 3 N–H and O–H groups in total. The summed E-state index contributed by atoms with van der Waals surface area (Å²) in [6.07, 6.45) is 7.55. The lowest BCUT2D eigenvalue weighted by atomic mass is 9.91. The molecule has 3 amide bonds. The number of aryl methyl sites for hydroxylation is 1. The van der Waals surface area contributed by atoms with Gasteiger partial charge in [-0.1, -0.05) is 18.9 Å². The fourth-order valence-electron chi connectivity index (χ4n) is 3.22. The number of carbonyl (C=O) groups is 2. The summed E-state index contributed by atoms with van der Waals surface area (Å²) < 4.78 is 0. The Labute approximate surface area is 143 Å². The van der Waals surface area contributed by atoms with Crippen LogP contribution in [-0.4, -0.2) is 41.5 Å². The monoisotopic (exact) mass is 332 g/mol. The predicted molar refractivity (Wildman–Crippen MR) is 93.4 cm³/mol. The van der Waals surface area contributed by atoms with Crippen LogP contribution in [0.1, 0.15) is 43.4 Å². The highest BCUT2D eigenvalue weighted by Crippen LogP contribution is 2.23. The first-order valence-corrected chi connectivity index (χ1v) is 8.78. The number of carbonyl (C=O) groups excluding carboxylic acids is 2. The third-order valence-corrected chi connectivity index (χ3v) is 4.76. The number of nitrogens with one attached hydrogen (secondary N) is 1. The Morgan fingerprint density at radius 3 is 2.75 bits per heavy atom. The van der Waals surface area contributed by atoms with Gasteiger partial charge in [0.15, 0.2) is 0 Å². The van der Waals surface area contributed by atoms with Crippen molar-refractivity contribution in [3.8, 4) is 0 Å². The Bertz CT molecular complexity index is 554. The molecule has 0 unspecified atom stereocenters. The number of rotatable bonds is 7. The molecule has 1 saturated heterocycles. The summed E-state index contributed by atoms with van der Waals surface area (Å²) in [4.78, 5) is 29.2. The Morgan fingerprint density at radius 2 is 2.08 bits per heavy atom. The van der Waals surface area contributed by atoms with Gasteiger partial charge in [0, 0.05) is 31.5 Å². The zero-order valence-corrected chi connectivity index (χ0v) is 14.5. The van der Waals surface area contributed by atoms with Crippen LogP contribution in [0.3, 0.4) is 0 Å². The minimum absolute atomic E-state index is 0.204. The molecule has 0 aromatic carbocycles. The quantitative estimate of drug-likeness (QED) is 0.749. The summed E-state index contributed by atoms with van der Waals surface area (Å²) in [5, 5.41) is 2.61. The van der Waals surface area contributed by atoms with Gasteiger partial charge < -0.3 is 16.0 Å². The number of hydrogen-bond donors (Lipinski definition) is 2. The molecule has 1 aliphatic heterocycles. The van der Waals surface area contributed by atoms with E-state index in [1.807, 2.05) is 24.0 Å². The molecule has 1 fully saturated rings. The van der Waals surface area contributed by atoms with Gasteiger partial charge in [0.05, 0.1) is 6.42 Å². The molecule has 0 bridgehead atoms. The number of urea groups is 1. The Morgan fingerprint density at radius 1 is 1.33 bits per heavy atom. The van der Waals surface area contributed by atoms with Crippen LogP contribution in [-0.2, 0) is 11.2 Å². The smallest absolute Gasteiger partial charge is 0.312 e. The third kappa shape index (κ3) is 5.83. The van der Waals surface area contributed by atoms with E-state index in [0.717, 1.165) is 56.5 Å².